The monoisotopic (exact) mass is 344 g/mol. The van der Waals surface area contributed by atoms with Gasteiger partial charge in [0.05, 0.1) is 22.4 Å². The van der Waals surface area contributed by atoms with E-state index in [0.717, 1.165) is 6.20 Å². The lowest BCUT2D eigenvalue weighted by Crippen LogP contribution is -2.25. The van der Waals surface area contributed by atoms with Crippen molar-refractivity contribution < 1.29 is 13.2 Å². The van der Waals surface area contributed by atoms with E-state index in [4.69, 9.17) is 0 Å². The Kier molecular flexibility index (Phi) is 4.77. The van der Waals surface area contributed by atoms with Crippen LogP contribution in [0.15, 0.2) is 34.9 Å². The summed E-state index contributed by atoms with van der Waals surface area (Å²) in [5, 5.41) is 2.96. The van der Waals surface area contributed by atoms with Crippen molar-refractivity contribution in [2.24, 2.45) is 0 Å². The van der Waals surface area contributed by atoms with Gasteiger partial charge in [0, 0.05) is 5.56 Å². The molecule has 2 aromatic rings. The summed E-state index contributed by atoms with van der Waals surface area (Å²) in [5.74, 6) is -1.87. The predicted molar refractivity (Wildman–Crippen MR) is 73.8 cm³/mol. The molecule has 2 nitrogen and oxygen atoms in total. The number of aromatic nitrogens is 1. The predicted octanol–water partition coefficient (Wildman–Crippen LogP) is 3.96. The van der Waals surface area contributed by atoms with Gasteiger partial charge in [-0.3, -0.25) is 4.98 Å². The molecule has 0 aliphatic heterocycles. The summed E-state index contributed by atoms with van der Waals surface area (Å²) >= 11 is 3.03. The first-order valence-corrected chi connectivity index (χ1v) is 6.82. The fourth-order valence-corrected chi connectivity index (χ4v) is 2.27. The first-order valence-electron chi connectivity index (χ1n) is 6.02. The van der Waals surface area contributed by atoms with E-state index < -0.39 is 23.5 Å². The lowest BCUT2D eigenvalue weighted by atomic mass is 10.0. The summed E-state index contributed by atoms with van der Waals surface area (Å²) in [6.07, 6.45) is 1.02. The number of nitrogens with zero attached hydrogens (tertiary/aromatic N) is 1. The topological polar surface area (TPSA) is 24.9 Å². The largest absolute Gasteiger partial charge is 0.305 e. The molecule has 0 amide bonds. The summed E-state index contributed by atoms with van der Waals surface area (Å²) in [4.78, 5) is 3.90. The molecule has 0 saturated carbocycles. The Hall–Kier alpha value is -1.40. The second-order valence-electron chi connectivity index (χ2n) is 4.15. The van der Waals surface area contributed by atoms with Crippen LogP contribution < -0.4 is 5.32 Å². The minimum absolute atomic E-state index is 0.139. The van der Waals surface area contributed by atoms with Crippen LogP contribution in [0, 0.1) is 17.5 Å². The lowest BCUT2D eigenvalue weighted by molar-refractivity contribution is 0.501. The maximum atomic E-state index is 14.2. The second kappa shape index (κ2) is 6.37. The average molecular weight is 345 g/mol. The van der Waals surface area contributed by atoms with Crippen molar-refractivity contribution in [1.29, 1.82) is 0 Å². The lowest BCUT2D eigenvalue weighted by Gasteiger charge is -2.19. The van der Waals surface area contributed by atoms with Gasteiger partial charge in [-0.25, -0.2) is 13.2 Å². The number of hydrogen-bond acceptors (Lipinski definition) is 2. The molecule has 1 unspecified atom stereocenters. The molecule has 0 aliphatic carbocycles. The number of pyridine rings is 1. The summed E-state index contributed by atoms with van der Waals surface area (Å²) < 4.78 is 41.2. The van der Waals surface area contributed by atoms with E-state index in [0.29, 0.717) is 12.2 Å². The molecule has 106 valence electrons. The summed E-state index contributed by atoms with van der Waals surface area (Å²) in [6, 6.07) is 4.31. The second-order valence-corrected chi connectivity index (χ2v) is 5.00. The zero-order valence-corrected chi connectivity index (χ0v) is 12.2. The van der Waals surface area contributed by atoms with Gasteiger partial charge in [-0.2, -0.15) is 0 Å². The molecule has 0 bridgehead atoms. The van der Waals surface area contributed by atoms with Crippen LogP contribution in [0.5, 0.6) is 0 Å². The smallest absolute Gasteiger partial charge is 0.145 e. The number of hydrogen-bond donors (Lipinski definition) is 1. The molecule has 1 heterocycles. The molecule has 0 aliphatic rings. The molecule has 0 spiro atoms. The number of benzene rings is 1. The highest BCUT2D eigenvalue weighted by Crippen LogP contribution is 2.30. The number of halogens is 4. The van der Waals surface area contributed by atoms with Gasteiger partial charge < -0.3 is 5.32 Å². The molecule has 20 heavy (non-hydrogen) atoms. The van der Waals surface area contributed by atoms with Crippen molar-refractivity contribution in [2.75, 3.05) is 6.54 Å². The van der Waals surface area contributed by atoms with Crippen molar-refractivity contribution in [3.63, 3.8) is 0 Å². The van der Waals surface area contributed by atoms with E-state index in [1.54, 1.807) is 0 Å². The van der Waals surface area contributed by atoms with E-state index in [1.165, 1.54) is 24.3 Å². The summed E-state index contributed by atoms with van der Waals surface area (Å²) in [5.41, 5.74) is 0.212. The zero-order valence-electron chi connectivity index (χ0n) is 10.6. The first kappa shape index (κ1) is 15.0. The molecule has 1 aromatic carbocycles. The first-order chi connectivity index (χ1) is 9.54. The molecule has 0 fully saturated rings. The third kappa shape index (κ3) is 3.02. The van der Waals surface area contributed by atoms with E-state index in [9.17, 15) is 13.2 Å². The molecule has 6 heteroatoms. The zero-order chi connectivity index (χ0) is 14.7. The van der Waals surface area contributed by atoms with Crippen LogP contribution >= 0.6 is 15.9 Å². The Labute approximate surface area is 123 Å². The minimum atomic E-state index is -0.780. The molecule has 0 radical (unpaired) electrons. The van der Waals surface area contributed by atoms with E-state index in [-0.39, 0.29) is 10.0 Å². The molecule has 1 atom stereocenters. The van der Waals surface area contributed by atoms with Crippen molar-refractivity contribution >= 4 is 15.9 Å². The van der Waals surface area contributed by atoms with Crippen LogP contribution in [0.25, 0.3) is 0 Å². The van der Waals surface area contributed by atoms with E-state index >= 15 is 0 Å². The van der Waals surface area contributed by atoms with Crippen molar-refractivity contribution in [1.82, 2.24) is 10.3 Å². The highest BCUT2D eigenvalue weighted by Gasteiger charge is 2.24. The van der Waals surface area contributed by atoms with E-state index in [2.05, 4.69) is 26.2 Å². The Balaban J connectivity index is 2.54. The molecular formula is C14H12BrF3N2. The van der Waals surface area contributed by atoms with Crippen LogP contribution in [-0.4, -0.2) is 11.5 Å². The normalized spacial score (nSPS) is 12.4. The van der Waals surface area contributed by atoms with Gasteiger partial charge >= 0.3 is 0 Å². The highest BCUT2D eigenvalue weighted by atomic mass is 79.9. The van der Waals surface area contributed by atoms with Crippen LogP contribution in [0.1, 0.15) is 24.2 Å². The van der Waals surface area contributed by atoms with Gasteiger partial charge in [-0.05, 0) is 46.7 Å². The Morgan fingerprint density at radius 3 is 2.55 bits per heavy atom. The van der Waals surface area contributed by atoms with Crippen molar-refractivity contribution in [3.8, 4) is 0 Å². The standard InChI is InChI=1S/C14H12BrF3N2/c1-2-19-14(11-6-3-8(16)7-20-11)12-10(17)5-4-9(15)13(12)18/h3-7,14,19H,2H2,1H3. The Morgan fingerprint density at radius 2 is 1.95 bits per heavy atom. The van der Waals surface area contributed by atoms with Gasteiger partial charge in [-0.1, -0.05) is 6.92 Å². The summed E-state index contributed by atoms with van der Waals surface area (Å²) in [6.45, 7) is 2.29. The number of nitrogens with one attached hydrogen (secondary N) is 1. The molecule has 1 aromatic heterocycles. The molecule has 0 saturated heterocycles. The van der Waals surface area contributed by atoms with Crippen molar-refractivity contribution in [3.05, 3.63) is 63.6 Å². The number of rotatable bonds is 4. The minimum Gasteiger partial charge on any atom is -0.305 e. The van der Waals surface area contributed by atoms with Gasteiger partial charge in [0.2, 0.25) is 0 Å². The SMILES string of the molecule is CCNC(c1ccc(F)cn1)c1c(F)ccc(Br)c1F. The van der Waals surface area contributed by atoms with Gasteiger partial charge in [0.1, 0.15) is 17.5 Å². The third-order valence-corrected chi connectivity index (χ3v) is 3.43. The molecule has 1 N–H and O–H groups in total. The maximum Gasteiger partial charge on any atom is 0.145 e. The molecule has 2 rings (SSSR count). The van der Waals surface area contributed by atoms with Crippen LogP contribution in [-0.2, 0) is 0 Å². The highest BCUT2D eigenvalue weighted by molar-refractivity contribution is 9.10. The Bertz CT molecular complexity index is 602. The summed E-state index contributed by atoms with van der Waals surface area (Å²) in [7, 11) is 0. The quantitative estimate of drug-likeness (QED) is 0.849. The third-order valence-electron chi connectivity index (χ3n) is 2.82. The van der Waals surface area contributed by atoms with Gasteiger partial charge in [0.15, 0.2) is 0 Å². The fraction of sp³-hybridized carbons (Fsp3) is 0.214. The van der Waals surface area contributed by atoms with Crippen molar-refractivity contribution in [2.45, 2.75) is 13.0 Å². The van der Waals surface area contributed by atoms with Crippen LogP contribution in [0.2, 0.25) is 0 Å². The van der Waals surface area contributed by atoms with Gasteiger partial charge in [-0.15, -0.1) is 0 Å². The van der Waals surface area contributed by atoms with E-state index in [1.807, 2.05) is 6.92 Å². The average Bonchev–Trinajstić information content (AvgIpc) is 2.43. The van der Waals surface area contributed by atoms with Crippen LogP contribution in [0.3, 0.4) is 0 Å². The van der Waals surface area contributed by atoms with Gasteiger partial charge in [0.25, 0.3) is 0 Å². The Morgan fingerprint density at radius 1 is 1.20 bits per heavy atom. The maximum absolute atomic E-state index is 14.2. The van der Waals surface area contributed by atoms with Crippen LogP contribution in [0.4, 0.5) is 13.2 Å². The fourth-order valence-electron chi connectivity index (χ4n) is 1.92. The molecular weight excluding hydrogens is 333 g/mol.